The SMILES string of the molecule is C/C(=C/c1cc(Br)ccc1Cl)CN. The van der Waals surface area contributed by atoms with Gasteiger partial charge in [-0.05, 0) is 30.7 Å². The minimum atomic E-state index is 0.558. The Morgan fingerprint density at radius 2 is 2.31 bits per heavy atom. The molecule has 0 saturated heterocycles. The van der Waals surface area contributed by atoms with Crippen molar-refractivity contribution in [3.05, 3.63) is 38.8 Å². The number of benzene rings is 1. The smallest absolute Gasteiger partial charge is 0.0479 e. The fraction of sp³-hybridized carbons (Fsp3) is 0.200. The highest BCUT2D eigenvalue weighted by Crippen LogP contribution is 2.22. The minimum Gasteiger partial charge on any atom is -0.327 e. The summed E-state index contributed by atoms with van der Waals surface area (Å²) in [6.45, 7) is 2.54. The molecule has 0 atom stereocenters. The monoisotopic (exact) mass is 259 g/mol. The maximum Gasteiger partial charge on any atom is 0.0479 e. The Bertz CT molecular complexity index is 334. The predicted molar refractivity (Wildman–Crippen MR) is 61.9 cm³/mol. The lowest BCUT2D eigenvalue weighted by Gasteiger charge is -2.01. The number of hydrogen-bond donors (Lipinski definition) is 1. The first-order chi connectivity index (χ1) is 6.13. The highest BCUT2D eigenvalue weighted by atomic mass is 79.9. The van der Waals surface area contributed by atoms with Gasteiger partial charge in [-0.15, -0.1) is 0 Å². The van der Waals surface area contributed by atoms with Crippen LogP contribution < -0.4 is 5.73 Å². The van der Waals surface area contributed by atoms with Crippen molar-refractivity contribution in [2.45, 2.75) is 6.92 Å². The summed E-state index contributed by atoms with van der Waals surface area (Å²) in [5.74, 6) is 0. The van der Waals surface area contributed by atoms with E-state index >= 15 is 0 Å². The molecule has 3 heteroatoms. The van der Waals surface area contributed by atoms with E-state index in [1.165, 1.54) is 0 Å². The van der Waals surface area contributed by atoms with Gasteiger partial charge in [-0.3, -0.25) is 0 Å². The molecule has 0 fully saturated rings. The number of nitrogens with two attached hydrogens (primary N) is 1. The second kappa shape index (κ2) is 4.80. The Kier molecular flexibility index (Phi) is 3.97. The molecule has 0 bridgehead atoms. The van der Waals surface area contributed by atoms with E-state index in [0.717, 1.165) is 20.6 Å². The summed E-state index contributed by atoms with van der Waals surface area (Å²) in [6.07, 6.45) is 1.99. The number of hydrogen-bond acceptors (Lipinski definition) is 1. The van der Waals surface area contributed by atoms with Gasteiger partial charge in [0, 0.05) is 16.0 Å². The average Bonchev–Trinajstić information content (AvgIpc) is 2.11. The molecular weight excluding hydrogens is 249 g/mol. The first kappa shape index (κ1) is 10.8. The van der Waals surface area contributed by atoms with Crippen LogP contribution in [0.3, 0.4) is 0 Å². The zero-order valence-electron chi connectivity index (χ0n) is 7.35. The van der Waals surface area contributed by atoms with Gasteiger partial charge in [0.2, 0.25) is 0 Å². The first-order valence-electron chi connectivity index (χ1n) is 3.96. The van der Waals surface area contributed by atoms with E-state index in [-0.39, 0.29) is 0 Å². The molecule has 0 saturated carbocycles. The molecule has 0 aliphatic rings. The summed E-state index contributed by atoms with van der Waals surface area (Å²) < 4.78 is 1.02. The van der Waals surface area contributed by atoms with E-state index in [1.54, 1.807) is 0 Å². The molecule has 0 heterocycles. The van der Waals surface area contributed by atoms with Crippen molar-refractivity contribution < 1.29 is 0 Å². The summed E-state index contributed by atoms with van der Waals surface area (Å²) in [5, 5.41) is 0.746. The van der Waals surface area contributed by atoms with Gasteiger partial charge in [0.25, 0.3) is 0 Å². The third-order valence-electron chi connectivity index (χ3n) is 1.68. The molecule has 2 N–H and O–H groups in total. The van der Waals surface area contributed by atoms with E-state index in [1.807, 2.05) is 31.2 Å². The zero-order valence-corrected chi connectivity index (χ0v) is 9.69. The van der Waals surface area contributed by atoms with Crippen LogP contribution in [0.25, 0.3) is 6.08 Å². The Labute approximate surface area is 91.7 Å². The van der Waals surface area contributed by atoms with Crippen LogP contribution in [0, 0.1) is 0 Å². The van der Waals surface area contributed by atoms with E-state index in [9.17, 15) is 0 Å². The van der Waals surface area contributed by atoms with Crippen molar-refractivity contribution in [3.8, 4) is 0 Å². The molecule has 0 aliphatic carbocycles. The maximum absolute atomic E-state index is 5.99. The van der Waals surface area contributed by atoms with Crippen molar-refractivity contribution in [3.63, 3.8) is 0 Å². The van der Waals surface area contributed by atoms with Gasteiger partial charge in [0.05, 0.1) is 0 Å². The van der Waals surface area contributed by atoms with Gasteiger partial charge in [-0.2, -0.15) is 0 Å². The lowest BCUT2D eigenvalue weighted by molar-refractivity contribution is 1.15. The average molecular weight is 261 g/mol. The van der Waals surface area contributed by atoms with Gasteiger partial charge in [-0.1, -0.05) is 39.2 Å². The Balaban J connectivity index is 3.07. The molecule has 0 aliphatic heterocycles. The highest BCUT2D eigenvalue weighted by molar-refractivity contribution is 9.10. The molecule has 0 spiro atoms. The van der Waals surface area contributed by atoms with E-state index < -0.39 is 0 Å². The van der Waals surface area contributed by atoms with Gasteiger partial charge < -0.3 is 5.73 Å². The molecule has 0 aromatic heterocycles. The van der Waals surface area contributed by atoms with Crippen LogP contribution in [0.15, 0.2) is 28.2 Å². The summed E-state index contributed by atoms with van der Waals surface area (Å²) in [5.41, 5.74) is 7.60. The molecule has 13 heavy (non-hydrogen) atoms. The van der Waals surface area contributed by atoms with Gasteiger partial charge in [-0.25, -0.2) is 0 Å². The topological polar surface area (TPSA) is 26.0 Å². The lowest BCUT2D eigenvalue weighted by atomic mass is 10.1. The Hall–Kier alpha value is -0.310. The third-order valence-corrected chi connectivity index (χ3v) is 2.52. The van der Waals surface area contributed by atoms with Crippen molar-refractivity contribution in [1.29, 1.82) is 0 Å². The molecule has 70 valence electrons. The fourth-order valence-electron chi connectivity index (χ4n) is 0.950. The van der Waals surface area contributed by atoms with Crippen LogP contribution >= 0.6 is 27.5 Å². The second-order valence-electron chi connectivity index (χ2n) is 2.86. The summed E-state index contributed by atoms with van der Waals surface area (Å²) in [7, 11) is 0. The summed E-state index contributed by atoms with van der Waals surface area (Å²) >= 11 is 9.38. The molecule has 0 unspecified atom stereocenters. The van der Waals surface area contributed by atoms with Gasteiger partial charge >= 0.3 is 0 Å². The maximum atomic E-state index is 5.99. The van der Waals surface area contributed by atoms with Crippen LogP contribution in [-0.4, -0.2) is 6.54 Å². The normalized spacial score (nSPS) is 11.8. The molecule has 1 nitrogen and oxygen atoms in total. The Morgan fingerprint density at radius 3 is 2.92 bits per heavy atom. The zero-order chi connectivity index (χ0) is 9.84. The molecule has 0 amide bonds. The first-order valence-corrected chi connectivity index (χ1v) is 5.13. The van der Waals surface area contributed by atoms with Crippen molar-refractivity contribution >= 4 is 33.6 Å². The lowest BCUT2D eigenvalue weighted by Crippen LogP contribution is -1.99. The summed E-state index contributed by atoms with van der Waals surface area (Å²) in [4.78, 5) is 0. The second-order valence-corrected chi connectivity index (χ2v) is 4.18. The molecule has 0 radical (unpaired) electrons. The third kappa shape index (κ3) is 3.14. The van der Waals surface area contributed by atoms with Crippen molar-refractivity contribution in [1.82, 2.24) is 0 Å². The minimum absolute atomic E-state index is 0.558. The van der Waals surface area contributed by atoms with Crippen LogP contribution in [-0.2, 0) is 0 Å². The van der Waals surface area contributed by atoms with E-state index in [0.29, 0.717) is 6.54 Å². The number of rotatable bonds is 2. The van der Waals surface area contributed by atoms with Crippen molar-refractivity contribution in [2.75, 3.05) is 6.54 Å². The standard InChI is InChI=1S/C10H11BrClN/c1-7(6-13)4-8-5-9(11)2-3-10(8)12/h2-5H,6,13H2,1H3/b7-4-. The van der Waals surface area contributed by atoms with Crippen LogP contribution in [0.5, 0.6) is 0 Å². The van der Waals surface area contributed by atoms with Crippen LogP contribution in [0.4, 0.5) is 0 Å². The molecule has 1 aromatic rings. The van der Waals surface area contributed by atoms with Crippen LogP contribution in [0.1, 0.15) is 12.5 Å². The van der Waals surface area contributed by atoms with E-state index in [2.05, 4.69) is 15.9 Å². The molecule has 1 aromatic carbocycles. The highest BCUT2D eigenvalue weighted by Gasteiger charge is 1.97. The van der Waals surface area contributed by atoms with Gasteiger partial charge in [0.1, 0.15) is 0 Å². The predicted octanol–water partition coefficient (Wildman–Crippen LogP) is 3.46. The fourth-order valence-corrected chi connectivity index (χ4v) is 1.50. The summed E-state index contributed by atoms with van der Waals surface area (Å²) in [6, 6.07) is 5.75. The largest absolute Gasteiger partial charge is 0.327 e. The molecule has 1 rings (SSSR count). The Morgan fingerprint density at radius 1 is 1.62 bits per heavy atom. The van der Waals surface area contributed by atoms with Gasteiger partial charge in [0.15, 0.2) is 0 Å². The van der Waals surface area contributed by atoms with Crippen LogP contribution in [0.2, 0.25) is 5.02 Å². The molecular formula is C10H11BrClN. The number of halogens is 2. The van der Waals surface area contributed by atoms with E-state index in [4.69, 9.17) is 17.3 Å². The quantitative estimate of drug-likeness (QED) is 0.866. The van der Waals surface area contributed by atoms with Crippen molar-refractivity contribution in [2.24, 2.45) is 5.73 Å².